The fourth-order valence-corrected chi connectivity index (χ4v) is 4.03. The summed E-state index contributed by atoms with van der Waals surface area (Å²) < 4.78 is 10.5. The maximum absolute atomic E-state index is 12.7. The zero-order valence-electron chi connectivity index (χ0n) is 14.2. The van der Waals surface area contributed by atoms with Crippen LogP contribution in [0.15, 0.2) is 35.7 Å². The standard InChI is InChI=1S/C19H23NO3S/c1-22-17-6-5-15(13-18(17)23-2)19(21)20-9-7-14(8-10-20)12-16-4-3-11-24-16/h3-6,11,13-14H,7-10,12H2,1-2H3. The van der Waals surface area contributed by atoms with E-state index in [-0.39, 0.29) is 5.91 Å². The van der Waals surface area contributed by atoms with E-state index in [2.05, 4.69) is 17.5 Å². The van der Waals surface area contributed by atoms with Crippen molar-refractivity contribution in [2.45, 2.75) is 19.3 Å². The Balaban J connectivity index is 1.60. The van der Waals surface area contributed by atoms with Crippen LogP contribution in [0, 0.1) is 5.92 Å². The highest BCUT2D eigenvalue weighted by Gasteiger charge is 2.24. The molecule has 2 heterocycles. The maximum Gasteiger partial charge on any atom is 0.253 e. The third-order valence-electron chi connectivity index (χ3n) is 4.60. The molecule has 0 radical (unpaired) electrons. The number of hydrogen-bond donors (Lipinski definition) is 0. The van der Waals surface area contributed by atoms with Crippen LogP contribution >= 0.6 is 11.3 Å². The smallest absolute Gasteiger partial charge is 0.253 e. The van der Waals surface area contributed by atoms with E-state index in [0.29, 0.717) is 23.0 Å². The first-order valence-electron chi connectivity index (χ1n) is 8.25. The molecule has 1 aliphatic rings. The average Bonchev–Trinajstić information content (AvgIpc) is 3.14. The molecule has 4 nitrogen and oxygen atoms in total. The molecule has 1 fully saturated rings. The van der Waals surface area contributed by atoms with Gasteiger partial charge in [0.15, 0.2) is 11.5 Å². The number of rotatable bonds is 5. The fourth-order valence-electron chi connectivity index (χ4n) is 3.21. The number of methoxy groups -OCH3 is 2. The second-order valence-electron chi connectivity index (χ2n) is 6.09. The molecule has 24 heavy (non-hydrogen) atoms. The first-order chi connectivity index (χ1) is 11.7. The van der Waals surface area contributed by atoms with Gasteiger partial charge in [0.2, 0.25) is 0 Å². The van der Waals surface area contributed by atoms with Crippen LogP contribution in [-0.4, -0.2) is 38.1 Å². The fraction of sp³-hybridized carbons (Fsp3) is 0.421. The van der Waals surface area contributed by atoms with Crippen molar-refractivity contribution in [1.29, 1.82) is 0 Å². The number of carbonyl (C=O) groups is 1. The highest BCUT2D eigenvalue weighted by Crippen LogP contribution is 2.29. The molecule has 128 valence electrons. The van der Waals surface area contributed by atoms with Gasteiger partial charge in [-0.05, 0) is 54.8 Å². The summed E-state index contributed by atoms with van der Waals surface area (Å²) in [4.78, 5) is 16.1. The van der Waals surface area contributed by atoms with E-state index < -0.39 is 0 Å². The predicted molar refractivity (Wildman–Crippen MR) is 96.2 cm³/mol. The van der Waals surface area contributed by atoms with Gasteiger partial charge >= 0.3 is 0 Å². The van der Waals surface area contributed by atoms with Crippen LogP contribution in [0.3, 0.4) is 0 Å². The molecule has 1 aromatic carbocycles. The molecule has 1 aliphatic heterocycles. The second-order valence-corrected chi connectivity index (χ2v) is 7.12. The quantitative estimate of drug-likeness (QED) is 0.826. The number of carbonyl (C=O) groups excluding carboxylic acids is 1. The summed E-state index contributed by atoms with van der Waals surface area (Å²) in [6.07, 6.45) is 3.27. The molecular weight excluding hydrogens is 322 g/mol. The summed E-state index contributed by atoms with van der Waals surface area (Å²) >= 11 is 1.82. The normalized spacial score (nSPS) is 15.3. The number of hydrogen-bond acceptors (Lipinski definition) is 4. The molecule has 3 rings (SSSR count). The lowest BCUT2D eigenvalue weighted by Gasteiger charge is -2.32. The van der Waals surface area contributed by atoms with Crippen molar-refractivity contribution in [2.75, 3.05) is 27.3 Å². The maximum atomic E-state index is 12.7. The van der Waals surface area contributed by atoms with Gasteiger partial charge in [-0.2, -0.15) is 0 Å². The van der Waals surface area contributed by atoms with Gasteiger partial charge in [-0.25, -0.2) is 0 Å². The highest BCUT2D eigenvalue weighted by atomic mass is 32.1. The van der Waals surface area contributed by atoms with Gasteiger partial charge < -0.3 is 14.4 Å². The van der Waals surface area contributed by atoms with E-state index in [4.69, 9.17) is 9.47 Å². The van der Waals surface area contributed by atoms with E-state index in [1.165, 1.54) is 4.88 Å². The van der Waals surface area contributed by atoms with E-state index in [9.17, 15) is 4.79 Å². The molecule has 2 aromatic rings. The topological polar surface area (TPSA) is 38.8 Å². The second kappa shape index (κ2) is 7.71. The third-order valence-corrected chi connectivity index (χ3v) is 5.50. The summed E-state index contributed by atoms with van der Waals surface area (Å²) in [5.41, 5.74) is 0.657. The van der Waals surface area contributed by atoms with Gasteiger partial charge in [-0.15, -0.1) is 11.3 Å². The minimum Gasteiger partial charge on any atom is -0.493 e. The Hall–Kier alpha value is -2.01. The number of likely N-dealkylation sites (tertiary alicyclic amines) is 1. The number of piperidine rings is 1. The molecule has 0 bridgehead atoms. The van der Waals surface area contributed by atoms with Crippen LogP contribution in [0.2, 0.25) is 0 Å². The first kappa shape index (κ1) is 16.8. The lowest BCUT2D eigenvalue weighted by atomic mass is 9.92. The molecule has 0 unspecified atom stereocenters. The van der Waals surface area contributed by atoms with Crippen LogP contribution in [0.5, 0.6) is 11.5 Å². The summed E-state index contributed by atoms with van der Waals surface area (Å²) in [6, 6.07) is 9.66. The van der Waals surface area contributed by atoms with E-state index in [0.717, 1.165) is 32.4 Å². The molecule has 0 saturated carbocycles. The van der Waals surface area contributed by atoms with Crippen LogP contribution in [0.25, 0.3) is 0 Å². The Morgan fingerprint density at radius 3 is 2.54 bits per heavy atom. The Morgan fingerprint density at radius 2 is 1.92 bits per heavy atom. The summed E-state index contributed by atoms with van der Waals surface area (Å²) in [6.45, 7) is 1.65. The van der Waals surface area contributed by atoms with Crippen molar-refractivity contribution in [2.24, 2.45) is 5.92 Å². The monoisotopic (exact) mass is 345 g/mol. The van der Waals surface area contributed by atoms with Crippen molar-refractivity contribution in [3.63, 3.8) is 0 Å². The van der Waals surface area contributed by atoms with Crippen LogP contribution in [-0.2, 0) is 6.42 Å². The Kier molecular flexibility index (Phi) is 5.41. The van der Waals surface area contributed by atoms with Crippen molar-refractivity contribution in [1.82, 2.24) is 4.90 Å². The number of ether oxygens (including phenoxy) is 2. The summed E-state index contributed by atoms with van der Waals surface area (Å²) in [5.74, 6) is 1.99. The Morgan fingerprint density at radius 1 is 1.17 bits per heavy atom. The minimum atomic E-state index is 0.0746. The third kappa shape index (κ3) is 3.73. The number of benzene rings is 1. The van der Waals surface area contributed by atoms with Crippen molar-refractivity contribution < 1.29 is 14.3 Å². The van der Waals surface area contributed by atoms with Crippen molar-refractivity contribution in [3.05, 3.63) is 46.2 Å². The summed E-state index contributed by atoms with van der Waals surface area (Å²) in [7, 11) is 3.18. The van der Waals surface area contributed by atoms with Gasteiger partial charge in [-0.3, -0.25) is 4.79 Å². The molecule has 1 aromatic heterocycles. The summed E-state index contributed by atoms with van der Waals surface area (Å²) in [5, 5.41) is 2.13. The largest absolute Gasteiger partial charge is 0.493 e. The molecule has 0 N–H and O–H groups in total. The highest BCUT2D eigenvalue weighted by molar-refractivity contribution is 7.09. The lowest BCUT2D eigenvalue weighted by Crippen LogP contribution is -2.38. The Bertz CT molecular complexity index is 676. The number of nitrogens with zero attached hydrogens (tertiary/aromatic N) is 1. The number of amides is 1. The molecule has 5 heteroatoms. The molecular formula is C19H23NO3S. The average molecular weight is 345 g/mol. The van der Waals surface area contributed by atoms with Crippen LogP contribution < -0.4 is 9.47 Å². The zero-order chi connectivity index (χ0) is 16.9. The van der Waals surface area contributed by atoms with Crippen LogP contribution in [0.4, 0.5) is 0 Å². The van der Waals surface area contributed by atoms with Gasteiger partial charge in [0, 0.05) is 23.5 Å². The van der Waals surface area contributed by atoms with Crippen molar-refractivity contribution in [3.8, 4) is 11.5 Å². The number of thiophene rings is 1. The van der Waals surface area contributed by atoms with Gasteiger partial charge in [0.25, 0.3) is 5.91 Å². The molecule has 0 spiro atoms. The Labute approximate surface area is 147 Å². The van der Waals surface area contributed by atoms with E-state index in [1.807, 2.05) is 16.2 Å². The van der Waals surface area contributed by atoms with Gasteiger partial charge in [-0.1, -0.05) is 6.07 Å². The van der Waals surface area contributed by atoms with E-state index in [1.54, 1.807) is 32.4 Å². The van der Waals surface area contributed by atoms with Gasteiger partial charge in [0.05, 0.1) is 14.2 Å². The van der Waals surface area contributed by atoms with Crippen LogP contribution in [0.1, 0.15) is 28.1 Å². The molecule has 0 aliphatic carbocycles. The van der Waals surface area contributed by atoms with Gasteiger partial charge in [0.1, 0.15) is 0 Å². The molecule has 1 saturated heterocycles. The zero-order valence-corrected chi connectivity index (χ0v) is 15.0. The first-order valence-corrected chi connectivity index (χ1v) is 9.13. The lowest BCUT2D eigenvalue weighted by molar-refractivity contribution is 0.0690. The minimum absolute atomic E-state index is 0.0746. The predicted octanol–water partition coefficient (Wildman–Crippen LogP) is 3.86. The van der Waals surface area contributed by atoms with Crippen molar-refractivity contribution >= 4 is 17.2 Å². The SMILES string of the molecule is COc1ccc(C(=O)N2CCC(Cc3cccs3)CC2)cc1OC. The molecule has 1 amide bonds. The molecule has 0 atom stereocenters. The van der Waals surface area contributed by atoms with E-state index >= 15 is 0 Å².